The Morgan fingerprint density at radius 2 is 1.70 bits per heavy atom. The van der Waals surface area contributed by atoms with Crippen LogP contribution in [0.15, 0.2) is 88.7 Å². The first-order chi connectivity index (χ1) is 17.4. The molecule has 0 saturated carbocycles. The van der Waals surface area contributed by atoms with Crippen molar-refractivity contribution in [2.45, 2.75) is 25.7 Å². The first-order valence-electron chi connectivity index (χ1n) is 11.8. The van der Waals surface area contributed by atoms with Crippen molar-refractivity contribution in [3.8, 4) is 11.5 Å². The topological polar surface area (TPSA) is 66.7 Å². The maximum Gasteiger partial charge on any atom is 0.238 e. The molecule has 195 valence electrons. The molecule has 8 heteroatoms. The fourth-order valence-electron chi connectivity index (χ4n) is 4.72. The number of hydrogen-bond donors (Lipinski definition) is 1. The summed E-state index contributed by atoms with van der Waals surface area (Å²) in [5, 5.41) is 18.2. The van der Waals surface area contributed by atoms with Gasteiger partial charge in [0.25, 0.3) is 0 Å². The quantitative estimate of drug-likeness (QED) is 0.212. The van der Waals surface area contributed by atoms with Crippen molar-refractivity contribution >= 4 is 17.8 Å². The molecule has 0 bridgehead atoms. The van der Waals surface area contributed by atoms with Crippen LogP contribution in [-0.4, -0.2) is 38.0 Å². The second-order valence-electron chi connectivity index (χ2n) is 8.70. The van der Waals surface area contributed by atoms with E-state index in [9.17, 15) is 9.50 Å². The molecule has 37 heavy (non-hydrogen) atoms. The Kier molecular flexibility index (Phi) is 9.12. The summed E-state index contributed by atoms with van der Waals surface area (Å²) in [6, 6.07) is 19.8. The fourth-order valence-corrected chi connectivity index (χ4v) is 4.72. The number of allylic oxidation sites excluding steroid dienone is 2. The maximum atomic E-state index is 14.9. The van der Waals surface area contributed by atoms with Crippen molar-refractivity contribution in [1.82, 2.24) is 0 Å². The Labute approximate surface area is 227 Å². The van der Waals surface area contributed by atoms with E-state index in [-0.39, 0.29) is 28.5 Å². The van der Waals surface area contributed by atoms with Gasteiger partial charge in [-0.25, -0.2) is 4.39 Å². The standard InChI is InChI=1S/C29H30FN3O3.Co/c1-5-33-26-14-12-23(36-4)18-24(26)29(2,19-21-17-22(35-3)11-13-25(21)30)27(33)15-16-31-32-28(34)20-9-7-6-8-10-20;/h6-18H,5,19H2,1-4H3,(H,32,34);/b27-15-,31-16+;. The van der Waals surface area contributed by atoms with Gasteiger partial charge in [-0.15, -0.1) is 5.10 Å². The van der Waals surface area contributed by atoms with Gasteiger partial charge >= 0.3 is 0 Å². The van der Waals surface area contributed by atoms with E-state index in [2.05, 4.69) is 29.0 Å². The van der Waals surface area contributed by atoms with E-state index in [1.54, 1.807) is 44.7 Å². The smallest absolute Gasteiger partial charge is 0.238 e. The molecule has 0 spiro atoms. The number of anilines is 1. The summed E-state index contributed by atoms with van der Waals surface area (Å²) in [6.07, 6.45) is 3.82. The van der Waals surface area contributed by atoms with Gasteiger partial charge in [-0.1, -0.05) is 18.2 Å². The van der Waals surface area contributed by atoms with E-state index in [0.29, 0.717) is 29.8 Å². The molecule has 1 unspecified atom stereocenters. The number of likely N-dealkylation sites (N-methyl/N-ethyl adjacent to an activating group) is 1. The molecule has 0 aliphatic carbocycles. The molecule has 1 aliphatic heterocycles. The third-order valence-corrected chi connectivity index (χ3v) is 6.54. The predicted octanol–water partition coefficient (Wildman–Crippen LogP) is 6.06. The number of ether oxygens (including phenoxy) is 2. The summed E-state index contributed by atoms with van der Waals surface area (Å²) in [4.78, 5) is 2.18. The van der Waals surface area contributed by atoms with Crippen molar-refractivity contribution < 1.29 is 35.7 Å². The SMILES string of the molecule is CCN1\C(=C/C=N/N=C(\O)c2ccccc2)C(C)(Cc2cc(OC)ccc2F)c2cc(OC)ccc21.[Co]. The summed E-state index contributed by atoms with van der Waals surface area (Å²) < 4.78 is 25.8. The van der Waals surface area contributed by atoms with Crippen molar-refractivity contribution in [2.75, 3.05) is 25.7 Å². The van der Waals surface area contributed by atoms with Crippen LogP contribution < -0.4 is 14.4 Å². The third kappa shape index (κ3) is 5.70. The molecule has 1 aliphatic rings. The average Bonchev–Trinajstić information content (AvgIpc) is 3.14. The number of hydrogen-bond acceptors (Lipinski definition) is 5. The first-order valence-corrected chi connectivity index (χ1v) is 11.8. The zero-order valence-electron chi connectivity index (χ0n) is 21.2. The third-order valence-electron chi connectivity index (χ3n) is 6.54. The number of halogens is 1. The Balaban J connectivity index is 0.00000380. The minimum absolute atomic E-state index is 0. The number of nitrogens with zero attached hydrogens (tertiary/aromatic N) is 3. The Morgan fingerprint density at radius 1 is 1.03 bits per heavy atom. The molecule has 1 atom stereocenters. The van der Waals surface area contributed by atoms with Crippen molar-refractivity contribution in [2.24, 2.45) is 10.2 Å². The van der Waals surface area contributed by atoms with Gasteiger partial charge in [0.05, 0.1) is 20.4 Å². The number of aliphatic hydroxyl groups is 1. The molecule has 6 nitrogen and oxygen atoms in total. The summed E-state index contributed by atoms with van der Waals surface area (Å²) in [7, 11) is 3.20. The zero-order valence-corrected chi connectivity index (χ0v) is 22.3. The molecule has 0 amide bonds. The Hall–Kier alpha value is -3.62. The average molecular weight is 547 g/mol. The largest absolute Gasteiger partial charge is 0.497 e. The molecular weight excluding hydrogens is 516 g/mol. The van der Waals surface area contributed by atoms with Gasteiger partial charge in [0.15, 0.2) is 0 Å². The van der Waals surface area contributed by atoms with Gasteiger partial charge in [0, 0.05) is 45.7 Å². The number of rotatable bonds is 8. The molecule has 4 rings (SSSR count). The molecule has 3 aromatic carbocycles. The van der Waals surface area contributed by atoms with E-state index < -0.39 is 5.41 Å². The fraction of sp³-hybridized carbons (Fsp3) is 0.241. The van der Waals surface area contributed by atoms with Crippen LogP contribution >= 0.6 is 0 Å². The summed E-state index contributed by atoms with van der Waals surface area (Å²) in [6.45, 7) is 4.86. The molecule has 3 aromatic rings. The van der Waals surface area contributed by atoms with Crippen LogP contribution in [0.25, 0.3) is 0 Å². The molecular formula is C29H30CoFN3O3. The molecule has 1 heterocycles. The van der Waals surface area contributed by atoms with Gasteiger partial charge < -0.3 is 19.5 Å². The maximum absolute atomic E-state index is 14.9. The molecule has 0 aromatic heterocycles. The minimum atomic E-state index is -0.593. The predicted molar refractivity (Wildman–Crippen MR) is 142 cm³/mol. The second-order valence-corrected chi connectivity index (χ2v) is 8.70. The van der Waals surface area contributed by atoms with Gasteiger partial charge in [0.1, 0.15) is 17.3 Å². The summed E-state index contributed by atoms with van der Waals surface area (Å²) in [5.41, 5.74) is 3.53. The minimum Gasteiger partial charge on any atom is -0.497 e. The number of methoxy groups -OCH3 is 2. The van der Waals surface area contributed by atoms with E-state index in [0.717, 1.165) is 22.7 Å². The number of benzene rings is 3. The van der Waals surface area contributed by atoms with Crippen molar-refractivity contribution in [3.05, 3.63) is 101 Å². The van der Waals surface area contributed by atoms with Crippen LogP contribution in [0, 0.1) is 5.82 Å². The molecule has 1 N–H and O–H groups in total. The van der Waals surface area contributed by atoms with Crippen molar-refractivity contribution in [1.29, 1.82) is 0 Å². The number of fused-ring (bicyclic) bond motifs is 1. The molecule has 0 saturated heterocycles. The van der Waals surface area contributed by atoms with Crippen LogP contribution in [-0.2, 0) is 28.6 Å². The summed E-state index contributed by atoms with van der Waals surface area (Å²) in [5.74, 6) is 0.874. The monoisotopic (exact) mass is 546 g/mol. The van der Waals surface area contributed by atoms with Crippen LogP contribution in [0.1, 0.15) is 30.5 Å². The van der Waals surface area contributed by atoms with Gasteiger partial charge in [0.2, 0.25) is 5.90 Å². The first kappa shape index (κ1) is 28.0. The van der Waals surface area contributed by atoms with Crippen LogP contribution in [0.3, 0.4) is 0 Å². The normalized spacial score (nSPS) is 18.1. The van der Waals surface area contributed by atoms with E-state index >= 15 is 0 Å². The summed E-state index contributed by atoms with van der Waals surface area (Å²) >= 11 is 0. The van der Waals surface area contributed by atoms with E-state index in [1.807, 2.05) is 42.5 Å². The molecule has 1 radical (unpaired) electrons. The Bertz CT molecular complexity index is 1330. The van der Waals surface area contributed by atoms with Gasteiger partial charge in [-0.05, 0) is 86.0 Å². The number of aliphatic hydroxyl groups excluding tert-OH is 1. The zero-order chi connectivity index (χ0) is 25.7. The van der Waals surface area contributed by atoms with Crippen LogP contribution in [0.2, 0.25) is 0 Å². The van der Waals surface area contributed by atoms with Gasteiger partial charge in [-0.2, -0.15) is 5.10 Å². The Morgan fingerprint density at radius 3 is 2.38 bits per heavy atom. The van der Waals surface area contributed by atoms with Crippen molar-refractivity contribution in [3.63, 3.8) is 0 Å². The van der Waals surface area contributed by atoms with E-state index in [1.165, 1.54) is 6.07 Å². The molecule has 0 fully saturated rings. The second kappa shape index (κ2) is 12.1. The van der Waals surface area contributed by atoms with Crippen LogP contribution in [0.5, 0.6) is 11.5 Å². The van der Waals surface area contributed by atoms with Gasteiger partial charge in [-0.3, -0.25) is 0 Å². The van der Waals surface area contributed by atoms with E-state index in [4.69, 9.17) is 9.47 Å². The van der Waals surface area contributed by atoms with Crippen LogP contribution in [0.4, 0.5) is 10.1 Å².